The summed E-state index contributed by atoms with van der Waals surface area (Å²) in [4.78, 5) is 14.1. The summed E-state index contributed by atoms with van der Waals surface area (Å²) in [6, 6.07) is 2.73. The summed E-state index contributed by atoms with van der Waals surface area (Å²) in [5.74, 6) is -0.134. The van der Waals surface area contributed by atoms with E-state index in [1.807, 2.05) is 0 Å². The lowest BCUT2D eigenvalue weighted by molar-refractivity contribution is -0.141. The maximum absolute atomic E-state index is 12.6. The number of amides is 1. The van der Waals surface area contributed by atoms with Gasteiger partial charge >= 0.3 is 6.18 Å². The van der Waals surface area contributed by atoms with Crippen LogP contribution in [-0.2, 0) is 6.18 Å². The van der Waals surface area contributed by atoms with E-state index in [4.69, 9.17) is 4.42 Å². The molecule has 1 aliphatic rings. The Morgan fingerprint density at radius 2 is 2.26 bits per heavy atom. The molecule has 0 saturated carbocycles. The van der Waals surface area contributed by atoms with Crippen molar-refractivity contribution in [1.82, 2.24) is 15.1 Å². The van der Waals surface area contributed by atoms with Crippen molar-refractivity contribution in [1.29, 1.82) is 0 Å². The molecule has 0 radical (unpaired) electrons. The fraction of sp³-hybridized carbons (Fsp3) is 0.467. The number of piperidine rings is 1. The number of hydrogen-bond donors (Lipinski definition) is 1. The minimum absolute atomic E-state index is 0.188. The number of aromatic nitrogens is 2. The lowest BCUT2D eigenvalue weighted by Gasteiger charge is -2.31. The van der Waals surface area contributed by atoms with E-state index in [1.54, 1.807) is 17.9 Å². The zero-order valence-corrected chi connectivity index (χ0v) is 12.5. The topological polar surface area (TPSA) is 62.1 Å². The van der Waals surface area contributed by atoms with Crippen molar-refractivity contribution < 1.29 is 22.4 Å². The van der Waals surface area contributed by atoms with E-state index in [9.17, 15) is 18.0 Å². The van der Waals surface area contributed by atoms with E-state index in [1.165, 1.54) is 6.26 Å². The Labute approximate surface area is 130 Å². The van der Waals surface area contributed by atoms with Crippen LogP contribution in [0.15, 0.2) is 22.8 Å². The van der Waals surface area contributed by atoms with Gasteiger partial charge in [-0.05, 0) is 31.9 Å². The summed E-state index contributed by atoms with van der Waals surface area (Å²) in [5, 5.41) is 5.78. The largest absolute Gasteiger partial charge is 0.459 e. The van der Waals surface area contributed by atoms with Crippen molar-refractivity contribution in [3.63, 3.8) is 0 Å². The van der Waals surface area contributed by atoms with Crippen molar-refractivity contribution in [3.05, 3.63) is 41.1 Å². The lowest BCUT2D eigenvalue weighted by Crippen LogP contribution is -2.39. The van der Waals surface area contributed by atoms with Crippen LogP contribution in [0.25, 0.3) is 0 Å². The summed E-state index contributed by atoms with van der Waals surface area (Å²) in [7, 11) is 0. The van der Waals surface area contributed by atoms with E-state index in [0.717, 1.165) is 18.1 Å². The molecule has 2 aromatic heterocycles. The van der Waals surface area contributed by atoms with Gasteiger partial charge in [-0.3, -0.25) is 9.89 Å². The number of aryl methyl sites for hydroxylation is 1. The monoisotopic (exact) mass is 327 g/mol. The van der Waals surface area contributed by atoms with Gasteiger partial charge in [0.15, 0.2) is 11.5 Å². The quantitative estimate of drug-likeness (QED) is 0.920. The average molecular weight is 327 g/mol. The van der Waals surface area contributed by atoms with Crippen molar-refractivity contribution in [3.8, 4) is 0 Å². The second-order valence-corrected chi connectivity index (χ2v) is 5.73. The number of nitrogens with zero attached hydrogens (tertiary/aromatic N) is 2. The first-order valence-electron chi connectivity index (χ1n) is 7.32. The molecule has 1 saturated heterocycles. The SMILES string of the molecule is Cc1ccoc1C(=O)N1CCC[C@@H](c2cc(C(F)(F)F)n[nH]2)C1. The van der Waals surface area contributed by atoms with E-state index in [2.05, 4.69) is 10.2 Å². The van der Waals surface area contributed by atoms with E-state index >= 15 is 0 Å². The number of furan rings is 1. The van der Waals surface area contributed by atoms with Crippen LogP contribution in [0.2, 0.25) is 0 Å². The Balaban J connectivity index is 1.75. The minimum Gasteiger partial charge on any atom is -0.459 e. The predicted molar refractivity (Wildman–Crippen MR) is 74.9 cm³/mol. The van der Waals surface area contributed by atoms with Gasteiger partial charge in [0.1, 0.15) is 0 Å². The first-order valence-corrected chi connectivity index (χ1v) is 7.32. The van der Waals surface area contributed by atoms with Gasteiger partial charge in [-0.15, -0.1) is 0 Å². The molecular formula is C15H16F3N3O2. The molecule has 0 aliphatic carbocycles. The van der Waals surface area contributed by atoms with Crippen molar-refractivity contribution in [2.45, 2.75) is 31.9 Å². The Hall–Kier alpha value is -2.25. The highest BCUT2D eigenvalue weighted by molar-refractivity contribution is 5.92. The molecule has 3 heterocycles. The van der Waals surface area contributed by atoms with Gasteiger partial charge in [-0.2, -0.15) is 18.3 Å². The molecule has 23 heavy (non-hydrogen) atoms. The first kappa shape index (κ1) is 15.6. The number of hydrogen-bond acceptors (Lipinski definition) is 3. The molecule has 8 heteroatoms. The van der Waals surface area contributed by atoms with E-state index < -0.39 is 11.9 Å². The number of carbonyl (C=O) groups is 1. The van der Waals surface area contributed by atoms with Gasteiger partial charge in [0.2, 0.25) is 0 Å². The van der Waals surface area contributed by atoms with Crippen LogP contribution in [0, 0.1) is 6.92 Å². The van der Waals surface area contributed by atoms with Crippen LogP contribution in [0.3, 0.4) is 0 Å². The molecule has 0 unspecified atom stereocenters. The zero-order chi connectivity index (χ0) is 16.6. The molecular weight excluding hydrogens is 311 g/mol. The number of H-pyrrole nitrogens is 1. The Bertz CT molecular complexity index is 705. The molecule has 0 aromatic carbocycles. The third kappa shape index (κ3) is 3.11. The number of rotatable bonds is 2. The van der Waals surface area contributed by atoms with Gasteiger partial charge in [-0.1, -0.05) is 0 Å². The molecule has 1 amide bonds. The molecule has 0 spiro atoms. The zero-order valence-electron chi connectivity index (χ0n) is 12.5. The molecule has 1 atom stereocenters. The molecule has 124 valence electrons. The Kier molecular flexibility index (Phi) is 3.91. The fourth-order valence-electron chi connectivity index (χ4n) is 2.84. The van der Waals surface area contributed by atoms with Crippen molar-refractivity contribution >= 4 is 5.91 Å². The molecule has 5 nitrogen and oxygen atoms in total. The standard InChI is InChI=1S/C15H16F3N3O2/c1-9-4-6-23-13(9)14(22)21-5-2-3-10(8-21)11-7-12(20-19-11)15(16,17)18/h4,6-7,10H,2-3,5,8H2,1H3,(H,19,20)/t10-/m1/s1. The van der Waals surface area contributed by atoms with Crippen molar-refractivity contribution in [2.24, 2.45) is 0 Å². The first-order chi connectivity index (χ1) is 10.9. The smallest absolute Gasteiger partial charge is 0.435 e. The maximum atomic E-state index is 12.6. The van der Waals surface area contributed by atoms with Crippen molar-refractivity contribution in [2.75, 3.05) is 13.1 Å². The second kappa shape index (κ2) is 5.75. The van der Waals surface area contributed by atoms with Gasteiger partial charge in [0.25, 0.3) is 5.91 Å². The van der Waals surface area contributed by atoms with E-state index in [0.29, 0.717) is 25.2 Å². The highest BCUT2D eigenvalue weighted by Gasteiger charge is 2.35. The summed E-state index contributed by atoms with van der Waals surface area (Å²) in [6.45, 7) is 2.69. The number of carbonyl (C=O) groups excluding carboxylic acids is 1. The third-order valence-electron chi connectivity index (χ3n) is 4.09. The number of nitrogens with one attached hydrogen (secondary N) is 1. The van der Waals surface area contributed by atoms with E-state index in [-0.39, 0.29) is 17.6 Å². The maximum Gasteiger partial charge on any atom is 0.435 e. The minimum atomic E-state index is -4.47. The molecule has 1 N–H and O–H groups in total. The predicted octanol–water partition coefficient (Wildman–Crippen LogP) is 3.35. The molecule has 1 aliphatic heterocycles. The average Bonchev–Trinajstić information content (AvgIpc) is 3.15. The highest BCUT2D eigenvalue weighted by Crippen LogP contribution is 2.32. The molecule has 3 rings (SSSR count). The van der Waals surface area contributed by atoms with Gasteiger partial charge in [0.05, 0.1) is 6.26 Å². The molecule has 2 aromatic rings. The van der Waals surface area contributed by atoms with Gasteiger partial charge in [0, 0.05) is 30.3 Å². The summed E-state index contributed by atoms with van der Waals surface area (Å²) in [5.41, 5.74) is 0.224. The van der Waals surface area contributed by atoms with Crippen LogP contribution < -0.4 is 0 Å². The van der Waals surface area contributed by atoms with Crippen LogP contribution in [0.4, 0.5) is 13.2 Å². The summed E-state index contributed by atoms with van der Waals surface area (Å²) < 4.78 is 43.1. The number of likely N-dealkylation sites (tertiary alicyclic amines) is 1. The summed E-state index contributed by atoms with van der Waals surface area (Å²) >= 11 is 0. The number of alkyl halides is 3. The number of halogens is 3. The Morgan fingerprint density at radius 1 is 1.48 bits per heavy atom. The molecule has 0 bridgehead atoms. The van der Waals surface area contributed by atoms with Gasteiger partial charge < -0.3 is 9.32 Å². The third-order valence-corrected chi connectivity index (χ3v) is 4.09. The highest BCUT2D eigenvalue weighted by atomic mass is 19.4. The summed E-state index contributed by atoms with van der Waals surface area (Å²) in [6.07, 6.45) is -1.59. The Morgan fingerprint density at radius 3 is 2.87 bits per heavy atom. The number of aromatic amines is 1. The fourth-order valence-corrected chi connectivity index (χ4v) is 2.84. The molecule has 1 fully saturated rings. The van der Waals surface area contributed by atoms with Gasteiger partial charge in [-0.25, -0.2) is 0 Å². The second-order valence-electron chi connectivity index (χ2n) is 5.73. The van der Waals surface area contributed by atoms with Crippen LogP contribution >= 0.6 is 0 Å². The lowest BCUT2D eigenvalue weighted by atomic mass is 9.94. The van der Waals surface area contributed by atoms with Crippen LogP contribution in [0.5, 0.6) is 0 Å². The normalized spacial score (nSPS) is 19.1. The van der Waals surface area contributed by atoms with Crippen LogP contribution in [0.1, 0.15) is 46.3 Å². The van der Waals surface area contributed by atoms with Crippen LogP contribution in [-0.4, -0.2) is 34.1 Å².